The molecule has 1 aliphatic rings. The van der Waals surface area contributed by atoms with Crippen LogP contribution in [0.4, 0.5) is 0 Å². The maximum absolute atomic E-state index is 2.38. The summed E-state index contributed by atoms with van der Waals surface area (Å²) in [5, 5.41) is 0.929. The van der Waals surface area contributed by atoms with Crippen molar-refractivity contribution in [2.45, 2.75) is 52.7 Å². The summed E-state index contributed by atoms with van der Waals surface area (Å²) in [7, 11) is 0. The van der Waals surface area contributed by atoms with Crippen molar-refractivity contribution in [3.8, 4) is 0 Å². The number of hydrogen-bond donors (Lipinski definition) is 0. The van der Waals surface area contributed by atoms with Crippen LogP contribution in [0.5, 0.6) is 0 Å². The summed E-state index contributed by atoms with van der Waals surface area (Å²) in [6.45, 7) is 11.9. The predicted octanol–water partition coefficient (Wildman–Crippen LogP) is 4.20. The zero-order chi connectivity index (χ0) is 10.1. The number of thioether (sulfide) groups is 1. The first-order valence-corrected chi connectivity index (χ1v) is 6.57. The third-order valence-electron chi connectivity index (χ3n) is 3.28. The summed E-state index contributed by atoms with van der Waals surface area (Å²) in [6.07, 6.45) is 2.88. The Kier molecular flexibility index (Phi) is 3.73. The van der Waals surface area contributed by atoms with E-state index < -0.39 is 0 Å². The minimum atomic E-state index is 0.523. The molecular weight excluding hydrogens is 176 g/mol. The fraction of sp³-hybridized carbons (Fsp3) is 1.00. The molecule has 0 bridgehead atoms. The van der Waals surface area contributed by atoms with Crippen molar-refractivity contribution in [2.75, 3.05) is 5.75 Å². The maximum atomic E-state index is 2.38. The van der Waals surface area contributed by atoms with E-state index in [2.05, 4.69) is 46.4 Å². The van der Waals surface area contributed by atoms with Crippen molar-refractivity contribution in [3.05, 3.63) is 0 Å². The lowest BCUT2D eigenvalue weighted by Crippen LogP contribution is -2.30. The van der Waals surface area contributed by atoms with Gasteiger partial charge in [-0.1, -0.05) is 34.6 Å². The SMILES string of the molecule is CC(C)C1CCC(C(C)(C)C)CS1. The Bertz CT molecular complexity index is 147. The zero-order valence-corrected chi connectivity index (χ0v) is 10.6. The van der Waals surface area contributed by atoms with E-state index in [4.69, 9.17) is 0 Å². The standard InChI is InChI=1S/C12H24S/c1-9(2)11-7-6-10(8-13-11)12(3,4)5/h9-11H,6-8H2,1-5H3. The smallest absolute Gasteiger partial charge is 0.00702 e. The van der Waals surface area contributed by atoms with E-state index in [1.807, 2.05) is 0 Å². The Morgan fingerprint density at radius 2 is 1.77 bits per heavy atom. The molecule has 0 N–H and O–H groups in total. The van der Waals surface area contributed by atoms with Gasteiger partial charge in [-0.15, -0.1) is 0 Å². The molecular formula is C12H24S. The maximum Gasteiger partial charge on any atom is 0.00702 e. The quantitative estimate of drug-likeness (QED) is 0.611. The lowest BCUT2D eigenvalue weighted by atomic mass is 9.78. The molecule has 1 heterocycles. The van der Waals surface area contributed by atoms with E-state index in [-0.39, 0.29) is 0 Å². The molecule has 0 aliphatic carbocycles. The molecule has 0 saturated carbocycles. The van der Waals surface area contributed by atoms with Crippen LogP contribution in [-0.2, 0) is 0 Å². The second-order valence-electron chi connectivity index (χ2n) is 5.76. The largest absolute Gasteiger partial charge is 0.158 e. The first-order valence-electron chi connectivity index (χ1n) is 5.53. The fourth-order valence-electron chi connectivity index (χ4n) is 1.98. The highest BCUT2D eigenvalue weighted by Crippen LogP contribution is 2.41. The Balaban J connectivity index is 2.39. The van der Waals surface area contributed by atoms with Gasteiger partial charge in [0.2, 0.25) is 0 Å². The zero-order valence-electron chi connectivity index (χ0n) is 9.76. The molecule has 1 saturated heterocycles. The summed E-state index contributed by atoms with van der Waals surface area (Å²) in [5.41, 5.74) is 0.523. The van der Waals surface area contributed by atoms with E-state index in [1.54, 1.807) is 0 Å². The summed E-state index contributed by atoms with van der Waals surface area (Å²) < 4.78 is 0. The first kappa shape index (κ1) is 11.4. The number of rotatable bonds is 1. The molecule has 2 atom stereocenters. The summed E-state index contributed by atoms with van der Waals surface area (Å²) in [5.74, 6) is 3.19. The predicted molar refractivity (Wildman–Crippen MR) is 63.3 cm³/mol. The normalized spacial score (nSPS) is 30.9. The molecule has 0 radical (unpaired) electrons. The summed E-state index contributed by atoms with van der Waals surface area (Å²) in [4.78, 5) is 0. The third kappa shape index (κ3) is 3.19. The molecule has 0 aromatic carbocycles. The summed E-state index contributed by atoms with van der Waals surface area (Å²) >= 11 is 2.21. The van der Waals surface area contributed by atoms with Crippen LogP contribution >= 0.6 is 11.8 Å². The number of hydrogen-bond acceptors (Lipinski definition) is 1. The molecule has 13 heavy (non-hydrogen) atoms. The Labute approximate surface area is 87.9 Å². The lowest BCUT2D eigenvalue weighted by Gasteiger charge is -2.37. The van der Waals surface area contributed by atoms with Crippen molar-refractivity contribution >= 4 is 11.8 Å². The van der Waals surface area contributed by atoms with Crippen LogP contribution in [0.25, 0.3) is 0 Å². The third-order valence-corrected chi connectivity index (χ3v) is 5.08. The molecule has 1 fully saturated rings. The first-order chi connectivity index (χ1) is 5.91. The second kappa shape index (κ2) is 4.25. The van der Waals surface area contributed by atoms with Crippen LogP contribution in [0.15, 0.2) is 0 Å². The van der Waals surface area contributed by atoms with Crippen molar-refractivity contribution < 1.29 is 0 Å². The molecule has 0 aromatic rings. The van der Waals surface area contributed by atoms with Crippen LogP contribution in [0, 0.1) is 17.3 Å². The van der Waals surface area contributed by atoms with Gasteiger partial charge in [-0.25, -0.2) is 0 Å². The van der Waals surface area contributed by atoms with Gasteiger partial charge in [0.05, 0.1) is 0 Å². The second-order valence-corrected chi connectivity index (χ2v) is 7.03. The van der Waals surface area contributed by atoms with E-state index in [9.17, 15) is 0 Å². The molecule has 1 rings (SSSR count). The molecule has 0 spiro atoms. The van der Waals surface area contributed by atoms with Gasteiger partial charge in [-0.2, -0.15) is 11.8 Å². The highest BCUT2D eigenvalue weighted by molar-refractivity contribution is 7.99. The van der Waals surface area contributed by atoms with Gasteiger partial charge < -0.3 is 0 Å². The van der Waals surface area contributed by atoms with Gasteiger partial charge in [-0.3, -0.25) is 0 Å². The van der Waals surface area contributed by atoms with Crippen LogP contribution < -0.4 is 0 Å². The van der Waals surface area contributed by atoms with E-state index >= 15 is 0 Å². The van der Waals surface area contributed by atoms with Gasteiger partial charge in [0.25, 0.3) is 0 Å². The van der Waals surface area contributed by atoms with Crippen LogP contribution in [0.3, 0.4) is 0 Å². The van der Waals surface area contributed by atoms with Crippen molar-refractivity contribution in [1.82, 2.24) is 0 Å². The van der Waals surface area contributed by atoms with Crippen LogP contribution in [0.1, 0.15) is 47.5 Å². The molecule has 2 unspecified atom stereocenters. The monoisotopic (exact) mass is 200 g/mol. The van der Waals surface area contributed by atoms with Crippen molar-refractivity contribution in [2.24, 2.45) is 17.3 Å². The Hall–Kier alpha value is 0.350. The van der Waals surface area contributed by atoms with Crippen molar-refractivity contribution in [3.63, 3.8) is 0 Å². The minimum Gasteiger partial charge on any atom is -0.158 e. The molecule has 0 nitrogen and oxygen atoms in total. The average molecular weight is 200 g/mol. The molecule has 1 aliphatic heterocycles. The van der Waals surface area contributed by atoms with Gasteiger partial charge in [0.1, 0.15) is 0 Å². The van der Waals surface area contributed by atoms with E-state index in [0.717, 1.165) is 17.1 Å². The van der Waals surface area contributed by atoms with Gasteiger partial charge in [0, 0.05) is 5.25 Å². The molecule has 78 valence electrons. The van der Waals surface area contributed by atoms with Crippen LogP contribution in [-0.4, -0.2) is 11.0 Å². The average Bonchev–Trinajstić information content (AvgIpc) is 2.03. The van der Waals surface area contributed by atoms with Gasteiger partial charge in [0.15, 0.2) is 0 Å². The highest BCUT2D eigenvalue weighted by Gasteiger charge is 2.30. The Morgan fingerprint density at radius 3 is 2.08 bits per heavy atom. The lowest BCUT2D eigenvalue weighted by molar-refractivity contribution is 0.237. The Morgan fingerprint density at radius 1 is 1.15 bits per heavy atom. The van der Waals surface area contributed by atoms with Gasteiger partial charge >= 0.3 is 0 Å². The van der Waals surface area contributed by atoms with Crippen molar-refractivity contribution in [1.29, 1.82) is 0 Å². The highest BCUT2D eigenvalue weighted by atomic mass is 32.2. The van der Waals surface area contributed by atoms with Crippen LogP contribution in [0.2, 0.25) is 0 Å². The molecule has 1 heteroatoms. The summed E-state index contributed by atoms with van der Waals surface area (Å²) in [6, 6.07) is 0. The topological polar surface area (TPSA) is 0 Å². The molecule has 0 aromatic heterocycles. The van der Waals surface area contributed by atoms with E-state index in [1.165, 1.54) is 18.6 Å². The van der Waals surface area contributed by atoms with Gasteiger partial charge in [-0.05, 0) is 35.8 Å². The van der Waals surface area contributed by atoms with E-state index in [0.29, 0.717) is 5.41 Å². The fourth-order valence-corrected chi connectivity index (χ4v) is 3.81. The molecule has 0 amide bonds. The minimum absolute atomic E-state index is 0.523.